The van der Waals surface area contributed by atoms with E-state index in [9.17, 15) is 13.2 Å². The van der Waals surface area contributed by atoms with Gasteiger partial charge in [-0.05, 0) is 69.0 Å². The number of hydrogen-bond acceptors (Lipinski definition) is 3. The molecule has 0 radical (unpaired) electrons. The number of sulfonamides is 1. The average Bonchev–Trinajstić information content (AvgIpc) is 3.44. The van der Waals surface area contributed by atoms with E-state index in [0.717, 1.165) is 24.1 Å². The van der Waals surface area contributed by atoms with Crippen molar-refractivity contribution in [2.75, 3.05) is 15.7 Å². The molecule has 1 saturated carbocycles. The molecule has 27 heavy (non-hydrogen) atoms. The van der Waals surface area contributed by atoms with Crippen molar-refractivity contribution in [1.29, 1.82) is 0 Å². The average molecular weight is 385 g/mol. The molecule has 0 saturated heterocycles. The minimum Gasteiger partial charge on any atom is -0.309 e. The summed E-state index contributed by atoms with van der Waals surface area (Å²) in [6.45, 7) is 4.21. The molecule has 2 aliphatic rings. The zero-order valence-corrected chi connectivity index (χ0v) is 16.4. The fourth-order valence-electron chi connectivity index (χ4n) is 3.84. The van der Waals surface area contributed by atoms with Gasteiger partial charge in [-0.15, -0.1) is 0 Å². The monoisotopic (exact) mass is 384 g/mol. The molecule has 1 amide bonds. The van der Waals surface area contributed by atoms with E-state index < -0.39 is 10.0 Å². The maximum atomic E-state index is 13.2. The Hall–Kier alpha value is -2.34. The number of fused-ring (bicyclic) bond motifs is 1. The van der Waals surface area contributed by atoms with E-state index in [1.165, 1.54) is 4.31 Å². The van der Waals surface area contributed by atoms with Crippen LogP contribution in [0, 0.1) is 5.92 Å². The zero-order valence-electron chi connectivity index (χ0n) is 15.6. The maximum Gasteiger partial charge on any atom is 0.264 e. The van der Waals surface area contributed by atoms with Gasteiger partial charge in [0.1, 0.15) is 0 Å². The molecule has 1 fully saturated rings. The van der Waals surface area contributed by atoms with Crippen molar-refractivity contribution in [2.24, 2.45) is 5.92 Å². The van der Waals surface area contributed by atoms with Gasteiger partial charge in [0, 0.05) is 24.2 Å². The van der Waals surface area contributed by atoms with E-state index in [4.69, 9.17) is 0 Å². The number of hydrogen-bond donors (Lipinski definition) is 0. The van der Waals surface area contributed by atoms with Crippen molar-refractivity contribution in [3.8, 4) is 0 Å². The van der Waals surface area contributed by atoms with E-state index in [1.807, 2.05) is 36.9 Å². The smallest absolute Gasteiger partial charge is 0.264 e. The van der Waals surface area contributed by atoms with Crippen LogP contribution in [0.4, 0.5) is 11.4 Å². The molecular formula is C21H24N2O3S. The molecule has 1 aliphatic carbocycles. The molecule has 4 rings (SSSR count). The van der Waals surface area contributed by atoms with Crippen LogP contribution in [-0.4, -0.2) is 26.9 Å². The fourth-order valence-corrected chi connectivity index (χ4v) is 5.37. The van der Waals surface area contributed by atoms with Crippen LogP contribution in [0.2, 0.25) is 0 Å². The minimum absolute atomic E-state index is 0.0717. The van der Waals surface area contributed by atoms with Gasteiger partial charge >= 0.3 is 0 Å². The van der Waals surface area contributed by atoms with Crippen LogP contribution in [0.5, 0.6) is 0 Å². The molecular weight excluding hydrogens is 360 g/mol. The highest BCUT2D eigenvalue weighted by atomic mass is 32.2. The van der Waals surface area contributed by atoms with E-state index in [0.29, 0.717) is 18.7 Å². The van der Waals surface area contributed by atoms with Crippen molar-refractivity contribution in [3.05, 3.63) is 54.1 Å². The summed E-state index contributed by atoms with van der Waals surface area (Å²) >= 11 is 0. The summed E-state index contributed by atoms with van der Waals surface area (Å²) < 4.78 is 27.9. The first kappa shape index (κ1) is 18.0. The minimum atomic E-state index is -3.66. The van der Waals surface area contributed by atoms with Crippen molar-refractivity contribution in [3.63, 3.8) is 0 Å². The highest BCUT2D eigenvalue weighted by molar-refractivity contribution is 7.92. The van der Waals surface area contributed by atoms with Gasteiger partial charge in [0.25, 0.3) is 10.0 Å². The van der Waals surface area contributed by atoms with Crippen LogP contribution >= 0.6 is 0 Å². The van der Waals surface area contributed by atoms with Crippen LogP contribution < -0.4 is 9.21 Å². The number of carbonyl (C=O) groups is 1. The van der Waals surface area contributed by atoms with Gasteiger partial charge in [-0.25, -0.2) is 8.42 Å². The fraction of sp³-hybridized carbons (Fsp3) is 0.381. The third kappa shape index (κ3) is 3.12. The van der Waals surface area contributed by atoms with Crippen molar-refractivity contribution in [1.82, 2.24) is 0 Å². The third-order valence-electron chi connectivity index (χ3n) is 5.35. The van der Waals surface area contributed by atoms with Crippen LogP contribution in [0.1, 0.15) is 32.3 Å². The van der Waals surface area contributed by atoms with Gasteiger partial charge in [0.15, 0.2) is 0 Å². The molecule has 0 spiro atoms. The Labute approximate surface area is 160 Å². The lowest BCUT2D eigenvalue weighted by molar-refractivity contribution is -0.120. The molecule has 142 valence electrons. The Bertz CT molecular complexity index is 968. The van der Waals surface area contributed by atoms with Crippen LogP contribution in [0.15, 0.2) is 53.4 Å². The van der Waals surface area contributed by atoms with Gasteiger partial charge < -0.3 is 4.90 Å². The third-order valence-corrected chi connectivity index (χ3v) is 7.25. The second-order valence-corrected chi connectivity index (χ2v) is 9.19. The summed E-state index contributed by atoms with van der Waals surface area (Å²) in [5.41, 5.74) is 2.45. The van der Waals surface area contributed by atoms with Gasteiger partial charge in [-0.2, -0.15) is 0 Å². The number of nitrogens with zero attached hydrogens (tertiary/aromatic N) is 2. The predicted octanol–water partition coefficient (Wildman–Crippen LogP) is 3.59. The highest BCUT2D eigenvalue weighted by Crippen LogP contribution is 2.40. The molecule has 5 nitrogen and oxygen atoms in total. The first-order valence-corrected chi connectivity index (χ1v) is 10.9. The molecule has 0 bridgehead atoms. The summed E-state index contributed by atoms with van der Waals surface area (Å²) in [5.74, 6) is 0.326. The second-order valence-electron chi connectivity index (χ2n) is 7.33. The summed E-state index contributed by atoms with van der Waals surface area (Å²) in [4.78, 5) is 14.7. The van der Waals surface area contributed by atoms with E-state index >= 15 is 0 Å². The van der Waals surface area contributed by atoms with E-state index in [-0.39, 0.29) is 22.8 Å². The molecule has 1 heterocycles. The summed E-state index contributed by atoms with van der Waals surface area (Å²) in [6, 6.07) is 14.4. The SMILES string of the molecule is CCN(c1ccccc1)S(=O)(=O)c1ccc2c(c1)C[C@H](C)N2C(=O)C1CC1. The van der Waals surface area contributed by atoms with Gasteiger partial charge in [-0.1, -0.05) is 18.2 Å². The normalized spacial score (nSPS) is 19.0. The van der Waals surface area contributed by atoms with E-state index in [2.05, 4.69) is 0 Å². The Morgan fingerprint density at radius 2 is 1.85 bits per heavy atom. The second kappa shape index (κ2) is 6.68. The van der Waals surface area contributed by atoms with Crippen LogP contribution in [-0.2, 0) is 21.2 Å². The highest BCUT2D eigenvalue weighted by Gasteiger charge is 2.40. The van der Waals surface area contributed by atoms with Gasteiger partial charge in [0.05, 0.1) is 10.6 Å². The van der Waals surface area contributed by atoms with Gasteiger partial charge in [-0.3, -0.25) is 9.10 Å². The summed E-state index contributed by atoms with van der Waals surface area (Å²) in [5, 5.41) is 0. The first-order chi connectivity index (χ1) is 12.9. The Morgan fingerprint density at radius 3 is 2.48 bits per heavy atom. The molecule has 2 aromatic rings. The number of para-hydroxylation sites is 1. The molecule has 1 aliphatic heterocycles. The number of carbonyl (C=O) groups excluding carboxylic acids is 1. The van der Waals surface area contributed by atoms with Crippen molar-refractivity contribution < 1.29 is 13.2 Å². The lowest BCUT2D eigenvalue weighted by Crippen LogP contribution is -2.36. The molecule has 0 N–H and O–H groups in total. The lowest BCUT2D eigenvalue weighted by Gasteiger charge is -2.24. The van der Waals surface area contributed by atoms with Crippen LogP contribution in [0.3, 0.4) is 0 Å². The molecule has 0 unspecified atom stereocenters. The Kier molecular flexibility index (Phi) is 4.46. The van der Waals surface area contributed by atoms with E-state index in [1.54, 1.807) is 30.3 Å². The Morgan fingerprint density at radius 1 is 1.15 bits per heavy atom. The number of amides is 1. The molecule has 2 aromatic carbocycles. The number of anilines is 2. The first-order valence-electron chi connectivity index (χ1n) is 9.47. The molecule has 6 heteroatoms. The topological polar surface area (TPSA) is 57.7 Å². The number of benzene rings is 2. The predicted molar refractivity (Wildman–Crippen MR) is 106 cm³/mol. The Balaban J connectivity index is 1.69. The number of rotatable bonds is 5. The van der Waals surface area contributed by atoms with Crippen molar-refractivity contribution in [2.45, 2.75) is 44.0 Å². The summed E-state index contributed by atoms with van der Waals surface area (Å²) in [7, 11) is -3.66. The maximum absolute atomic E-state index is 13.2. The standard InChI is InChI=1S/C21H24N2O3S/c1-3-22(18-7-5-4-6-8-18)27(25,26)19-11-12-20-17(14-19)13-15(2)23(20)21(24)16-9-10-16/h4-8,11-12,14-16H,3,9-10,13H2,1-2H3/t15-/m0/s1. The molecule has 0 aromatic heterocycles. The van der Waals surface area contributed by atoms with Crippen molar-refractivity contribution >= 4 is 27.3 Å². The molecule has 1 atom stereocenters. The van der Waals surface area contributed by atoms with Crippen LogP contribution in [0.25, 0.3) is 0 Å². The summed E-state index contributed by atoms with van der Waals surface area (Å²) in [6.07, 6.45) is 2.62. The zero-order chi connectivity index (χ0) is 19.2. The lowest BCUT2D eigenvalue weighted by atomic mass is 10.1. The largest absolute Gasteiger partial charge is 0.309 e. The van der Waals surface area contributed by atoms with Gasteiger partial charge in [0.2, 0.25) is 5.91 Å². The quantitative estimate of drug-likeness (QED) is 0.792.